The summed E-state index contributed by atoms with van der Waals surface area (Å²) in [6.45, 7) is -1.90. The topological polar surface area (TPSA) is 55.5 Å². The maximum absolute atomic E-state index is 6.47. The summed E-state index contributed by atoms with van der Waals surface area (Å²) < 4.78 is 11.7. The SMILES string of the molecule is COc1ccc(N=NC2=CO[B-](c3ccccc3)(c3ccccc3)N=C2c2ccccc2)cc1. The molecule has 0 saturated carbocycles. The number of ether oxygens (including phenoxy) is 1. The minimum absolute atomic E-state index is 0.561. The highest BCUT2D eigenvalue weighted by molar-refractivity contribution is 6.97. The van der Waals surface area contributed by atoms with Gasteiger partial charge in [-0.05, 0) is 29.8 Å². The first-order chi connectivity index (χ1) is 16.8. The summed E-state index contributed by atoms with van der Waals surface area (Å²) in [6.07, 6.45) is 1.68. The molecule has 0 aliphatic carbocycles. The van der Waals surface area contributed by atoms with Gasteiger partial charge in [0.05, 0.1) is 24.8 Å². The van der Waals surface area contributed by atoms with Crippen molar-refractivity contribution in [3.63, 3.8) is 0 Å². The van der Waals surface area contributed by atoms with Gasteiger partial charge in [0, 0.05) is 0 Å². The van der Waals surface area contributed by atoms with Gasteiger partial charge in [-0.1, -0.05) is 91.0 Å². The normalized spacial score (nSPS) is 14.7. The van der Waals surface area contributed by atoms with Gasteiger partial charge in [0.1, 0.15) is 11.4 Å². The van der Waals surface area contributed by atoms with E-state index < -0.39 is 6.48 Å². The van der Waals surface area contributed by atoms with Crippen molar-refractivity contribution in [2.45, 2.75) is 0 Å². The highest BCUT2D eigenvalue weighted by Crippen LogP contribution is 2.25. The van der Waals surface area contributed by atoms with Gasteiger partial charge in [0.15, 0.2) is 0 Å². The maximum Gasteiger partial charge on any atom is 0.335 e. The summed E-state index contributed by atoms with van der Waals surface area (Å²) in [5.74, 6) is 0.768. The Hall–Kier alpha value is -4.45. The molecule has 34 heavy (non-hydrogen) atoms. The second-order valence-corrected chi connectivity index (χ2v) is 7.95. The van der Waals surface area contributed by atoms with E-state index in [0.29, 0.717) is 11.4 Å². The molecule has 1 heterocycles. The van der Waals surface area contributed by atoms with Crippen molar-refractivity contribution in [3.05, 3.63) is 133 Å². The molecule has 0 aromatic heterocycles. The zero-order chi connectivity index (χ0) is 23.2. The van der Waals surface area contributed by atoms with Gasteiger partial charge in [-0.3, -0.25) is 0 Å². The number of rotatable bonds is 6. The summed E-state index contributed by atoms with van der Waals surface area (Å²) >= 11 is 0. The molecular formula is C28H23BN3O2-. The van der Waals surface area contributed by atoms with Crippen LogP contribution in [0.4, 0.5) is 5.69 Å². The first-order valence-corrected chi connectivity index (χ1v) is 11.1. The van der Waals surface area contributed by atoms with E-state index in [1.807, 2.05) is 91.0 Å². The molecule has 166 valence electrons. The molecule has 0 saturated heterocycles. The molecule has 0 amide bonds. The molecule has 0 atom stereocenters. The quantitative estimate of drug-likeness (QED) is 0.296. The van der Waals surface area contributed by atoms with Crippen LogP contribution < -0.4 is 15.7 Å². The number of hydrogen-bond donors (Lipinski definition) is 0. The summed E-state index contributed by atoms with van der Waals surface area (Å²) in [6, 6.07) is 37.7. The molecule has 1 aliphatic rings. The molecule has 4 aromatic rings. The minimum atomic E-state index is -1.90. The zero-order valence-corrected chi connectivity index (χ0v) is 18.8. The fraction of sp³-hybridized carbons (Fsp3) is 0.0357. The van der Waals surface area contributed by atoms with Gasteiger partial charge >= 0.3 is 6.48 Å². The lowest BCUT2D eigenvalue weighted by atomic mass is 9.42. The van der Waals surface area contributed by atoms with E-state index in [1.54, 1.807) is 13.4 Å². The summed E-state index contributed by atoms with van der Waals surface area (Å²) in [5, 5.41) is 8.94. The van der Waals surface area contributed by atoms with E-state index in [-0.39, 0.29) is 0 Å². The van der Waals surface area contributed by atoms with Crippen LogP contribution in [0.15, 0.2) is 142 Å². The van der Waals surface area contributed by atoms with Crippen molar-refractivity contribution < 1.29 is 9.39 Å². The van der Waals surface area contributed by atoms with E-state index in [1.165, 1.54) is 0 Å². The third-order valence-corrected chi connectivity index (χ3v) is 5.83. The molecule has 5 rings (SSSR count). The summed E-state index contributed by atoms with van der Waals surface area (Å²) in [7, 11) is 1.64. The summed E-state index contributed by atoms with van der Waals surface area (Å²) in [5.41, 5.74) is 4.93. The van der Waals surface area contributed by atoms with Crippen LogP contribution in [-0.2, 0) is 4.65 Å². The molecule has 0 radical (unpaired) electrons. The van der Waals surface area contributed by atoms with Crippen LogP contribution in [-0.4, -0.2) is 19.3 Å². The van der Waals surface area contributed by atoms with Gasteiger partial charge < -0.3 is 14.3 Å². The zero-order valence-electron chi connectivity index (χ0n) is 18.8. The Balaban J connectivity index is 1.62. The molecule has 0 bridgehead atoms. The first kappa shape index (κ1) is 21.4. The minimum Gasteiger partial charge on any atom is -0.693 e. The average molecular weight is 444 g/mol. The van der Waals surface area contributed by atoms with E-state index in [0.717, 1.165) is 28.0 Å². The number of hydrogen-bond acceptors (Lipinski definition) is 5. The third kappa shape index (κ3) is 4.26. The van der Waals surface area contributed by atoms with E-state index in [9.17, 15) is 0 Å². The van der Waals surface area contributed by atoms with Crippen molar-refractivity contribution in [2.75, 3.05) is 7.11 Å². The Morgan fingerprint density at radius 2 is 1.24 bits per heavy atom. The van der Waals surface area contributed by atoms with Crippen LogP contribution in [0.5, 0.6) is 5.75 Å². The maximum atomic E-state index is 6.47. The van der Waals surface area contributed by atoms with Crippen molar-refractivity contribution >= 4 is 28.8 Å². The monoisotopic (exact) mass is 444 g/mol. The van der Waals surface area contributed by atoms with Crippen molar-refractivity contribution in [1.82, 2.24) is 0 Å². The molecule has 0 spiro atoms. The van der Waals surface area contributed by atoms with E-state index in [4.69, 9.17) is 14.3 Å². The van der Waals surface area contributed by atoms with Crippen molar-refractivity contribution in [2.24, 2.45) is 15.1 Å². The lowest BCUT2D eigenvalue weighted by molar-refractivity contribution is 0.415. The second-order valence-electron chi connectivity index (χ2n) is 7.95. The second kappa shape index (κ2) is 9.59. The van der Waals surface area contributed by atoms with Crippen molar-refractivity contribution in [3.8, 4) is 5.75 Å². The fourth-order valence-electron chi connectivity index (χ4n) is 4.07. The molecule has 1 aliphatic heterocycles. The average Bonchev–Trinajstić information content (AvgIpc) is 2.93. The van der Waals surface area contributed by atoms with Crippen LogP contribution >= 0.6 is 0 Å². The van der Waals surface area contributed by atoms with Gasteiger partial charge in [-0.2, -0.15) is 5.11 Å². The van der Waals surface area contributed by atoms with Crippen LogP contribution in [0.25, 0.3) is 0 Å². The lowest BCUT2D eigenvalue weighted by Gasteiger charge is -2.42. The molecule has 0 N–H and O–H groups in total. The number of allylic oxidation sites excluding steroid dienone is 1. The largest absolute Gasteiger partial charge is 0.693 e. The molecule has 5 nitrogen and oxygen atoms in total. The number of azo groups is 1. The molecule has 4 aromatic carbocycles. The highest BCUT2D eigenvalue weighted by atomic mass is 16.5. The van der Waals surface area contributed by atoms with Crippen LogP contribution in [0.2, 0.25) is 0 Å². The highest BCUT2D eigenvalue weighted by Gasteiger charge is 2.34. The van der Waals surface area contributed by atoms with Crippen LogP contribution in [0.1, 0.15) is 5.56 Å². The fourth-order valence-corrected chi connectivity index (χ4v) is 4.07. The van der Waals surface area contributed by atoms with Gasteiger partial charge in [0.25, 0.3) is 0 Å². The number of methoxy groups -OCH3 is 1. The summed E-state index contributed by atoms with van der Waals surface area (Å²) in [4.78, 5) is 5.26. The molecule has 0 fully saturated rings. The Bertz CT molecular complexity index is 1300. The smallest absolute Gasteiger partial charge is 0.335 e. The number of nitrogens with zero attached hydrogens (tertiary/aromatic N) is 3. The predicted molar refractivity (Wildman–Crippen MR) is 138 cm³/mol. The lowest BCUT2D eigenvalue weighted by Crippen LogP contribution is -2.60. The molecule has 6 heteroatoms. The van der Waals surface area contributed by atoms with E-state index in [2.05, 4.69) is 34.5 Å². The Morgan fingerprint density at radius 1 is 0.676 bits per heavy atom. The van der Waals surface area contributed by atoms with Crippen LogP contribution in [0, 0.1) is 0 Å². The number of benzene rings is 4. The van der Waals surface area contributed by atoms with Gasteiger partial charge in [-0.25, -0.2) is 0 Å². The first-order valence-electron chi connectivity index (χ1n) is 11.1. The Morgan fingerprint density at radius 3 is 1.79 bits per heavy atom. The van der Waals surface area contributed by atoms with Gasteiger partial charge in [0.2, 0.25) is 0 Å². The van der Waals surface area contributed by atoms with Crippen LogP contribution in [0.3, 0.4) is 0 Å². The Labute approximate surface area is 199 Å². The predicted octanol–water partition coefficient (Wildman–Crippen LogP) is 5.40. The van der Waals surface area contributed by atoms with Gasteiger partial charge in [-0.15, -0.1) is 16.0 Å². The molecular weight excluding hydrogens is 421 g/mol. The Kier molecular flexibility index (Phi) is 6.04. The third-order valence-electron chi connectivity index (χ3n) is 5.83. The standard InChI is InChI=1S/C28H23BN3O2/c1-33-26-19-17-25(18-20-26)31-32-27-21-34-29(23-13-7-3-8-14-23,24-15-9-4-10-16-24)30-28(27)22-11-5-2-6-12-22/h2-21H,1H3/q-1. The van der Waals surface area contributed by atoms with E-state index >= 15 is 0 Å². The molecule has 0 unspecified atom stereocenters. The van der Waals surface area contributed by atoms with Crippen molar-refractivity contribution in [1.29, 1.82) is 0 Å².